The van der Waals surface area contributed by atoms with Crippen LogP contribution in [0, 0.1) is 12.8 Å². The number of nitrogens with one attached hydrogen (secondary N) is 1. The number of hydrogen-bond acceptors (Lipinski definition) is 1. The molecule has 0 bridgehead atoms. The number of nitrogens with zero attached hydrogens (tertiary/aromatic N) is 1. The highest BCUT2D eigenvalue weighted by Crippen LogP contribution is 2.37. The third kappa shape index (κ3) is 4.51. The standard InChI is InChI=1S/C23H27F3N2O/c1-15-20(22(29)27-19-8-3-2-4-9-19)13-21(28(15)14-16-10-11-16)17-6-5-7-18(12-17)23(24,25)26/h5-7,12-13,16,19H,2-4,8-11,14H2,1H3,(H,27,29). The molecule has 1 heterocycles. The number of alkyl halides is 3. The fourth-order valence-electron chi connectivity index (χ4n) is 4.27. The number of rotatable bonds is 5. The third-order valence-electron chi connectivity index (χ3n) is 6.17. The molecule has 156 valence electrons. The van der Waals surface area contributed by atoms with E-state index < -0.39 is 11.7 Å². The summed E-state index contributed by atoms with van der Waals surface area (Å²) in [5.41, 5.74) is 1.93. The highest BCUT2D eigenvalue weighted by Gasteiger charge is 2.31. The van der Waals surface area contributed by atoms with E-state index in [1.54, 1.807) is 12.1 Å². The molecule has 0 aliphatic heterocycles. The van der Waals surface area contributed by atoms with Gasteiger partial charge in [0.25, 0.3) is 5.91 Å². The summed E-state index contributed by atoms with van der Waals surface area (Å²) in [4.78, 5) is 13.0. The first-order valence-corrected chi connectivity index (χ1v) is 10.5. The highest BCUT2D eigenvalue weighted by molar-refractivity contribution is 5.97. The molecule has 2 fully saturated rings. The maximum Gasteiger partial charge on any atom is 0.416 e. The summed E-state index contributed by atoms with van der Waals surface area (Å²) in [6.07, 6.45) is 3.32. The third-order valence-corrected chi connectivity index (χ3v) is 6.17. The zero-order valence-electron chi connectivity index (χ0n) is 16.7. The van der Waals surface area contributed by atoms with Crippen molar-refractivity contribution in [2.24, 2.45) is 5.92 Å². The normalized spacial score (nSPS) is 18.1. The van der Waals surface area contributed by atoms with Crippen LogP contribution in [0.5, 0.6) is 0 Å². The first-order chi connectivity index (χ1) is 13.8. The topological polar surface area (TPSA) is 34.0 Å². The van der Waals surface area contributed by atoms with E-state index in [2.05, 4.69) is 5.32 Å². The SMILES string of the molecule is Cc1c(C(=O)NC2CCCCC2)cc(-c2cccc(C(F)(F)F)c2)n1CC1CC1. The molecule has 6 heteroatoms. The van der Waals surface area contributed by atoms with Crippen LogP contribution >= 0.6 is 0 Å². The minimum atomic E-state index is -4.39. The van der Waals surface area contributed by atoms with E-state index in [1.807, 2.05) is 11.5 Å². The average Bonchev–Trinajstić information content (AvgIpc) is 3.45. The second-order valence-electron chi connectivity index (χ2n) is 8.47. The van der Waals surface area contributed by atoms with Gasteiger partial charge in [-0.3, -0.25) is 4.79 Å². The molecule has 29 heavy (non-hydrogen) atoms. The first kappa shape index (κ1) is 20.0. The number of amides is 1. The predicted molar refractivity (Wildman–Crippen MR) is 107 cm³/mol. The summed E-state index contributed by atoms with van der Waals surface area (Å²) in [6, 6.07) is 7.35. The average molecular weight is 404 g/mol. The van der Waals surface area contributed by atoms with Crippen molar-refractivity contribution in [3.8, 4) is 11.3 Å². The van der Waals surface area contributed by atoms with Gasteiger partial charge >= 0.3 is 6.18 Å². The second kappa shape index (κ2) is 7.88. The van der Waals surface area contributed by atoms with Crippen LogP contribution in [0.2, 0.25) is 0 Å². The van der Waals surface area contributed by atoms with Gasteiger partial charge in [0.15, 0.2) is 0 Å². The van der Waals surface area contributed by atoms with Crippen LogP contribution in [0.25, 0.3) is 11.3 Å². The van der Waals surface area contributed by atoms with Gasteiger partial charge in [-0.05, 0) is 62.3 Å². The Morgan fingerprint density at radius 3 is 2.48 bits per heavy atom. The van der Waals surface area contributed by atoms with Gasteiger partial charge in [-0.15, -0.1) is 0 Å². The Bertz CT molecular complexity index is 890. The number of carbonyl (C=O) groups is 1. The Balaban J connectivity index is 1.68. The molecule has 1 aromatic carbocycles. The molecule has 2 aliphatic rings. The summed E-state index contributed by atoms with van der Waals surface area (Å²) in [5.74, 6) is 0.428. The number of aromatic nitrogens is 1. The Labute approximate surface area is 169 Å². The van der Waals surface area contributed by atoms with E-state index in [0.717, 1.165) is 56.8 Å². The van der Waals surface area contributed by atoms with E-state index in [9.17, 15) is 18.0 Å². The van der Waals surface area contributed by atoms with Gasteiger partial charge in [0.05, 0.1) is 11.1 Å². The van der Waals surface area contributed by atoms with Crippen LogP contribution in [-0.4, -0.2) is 16.5 Å². The summed E-state index contributed by atoms with van der Waals surface area (Å²) in [5, 5.41) is 3.14. The van der Waals surface area contributed by atoms with Crippen molar-refractivity contribution in [1.29, 1.82) is 0 Å². The van der Waals surface area contributed by atoms with Crippen LogP contribution in [0.15, 0.2) is 30.3 Å². The van der Waals surface area contributed by atoms with Crippen LogP contribution in [-0.2, 0) is 12.7 Å². The molecule has 4 rings (SSSR count). The molecule has 2 aromatic rings. The molecule has 0 spiro atoms. The van der Waals surface area contributed by atoms with Gasteiger partial charge in [-0.2, -0.15) is 13.2 Å². The van der Waals surface area contributed by atoms with Gasteiger partial charge in [0.2, 0.25) is 0 Å². The van der Waals surface area contributed by atoms with Crippen molar-refractivity contribution in [2.75, 3.05) is 0 Å². The lowest BCUT2D eigenvalue weighted by Crippen LogP contribution is -2.36. The van der Waals surface area contributed by atoms with Gasteiger partial charge < -0.3 is 9.88 Å². The summed E-state index contributed by atoms with van der Waals surface area (Å²) < 4.78 is 41.7. The maximum atomic E-state index is 13.2. The van der Waals surface area contributed by atoms with Gasteiger partial charge in [0.1, 0.15) is 0 Å². The largest absolute Gasteiger partial charge is 0.416 e. The molecule has 0 saturated heterocycles. The first-order valence-electron chi connectivity index (χ1n) is 10.5. The molecule has 0 radical (unpaired) electrons. The lowest BCUT2D eigenvalue weighted by Gasteiger charge is -2.22. The molecule has 1 aromatic heterocycles. The van der Waals surface area contributed by atoms with Crippen LogP contribution in [0.4, 0.5) is 13.2 Å². The van der Waals surface area contributed by atoms with Crippen molar-refractivity contribution < 1.29 is 18.0 Å². The van der Waals surface area contributed by atoms with Gasteiger partial charge in [-0.1, -0.05) is 31.4 Å². The van der Waals surface area contributed by atoms with Crippen molar-refractivity contribution >= 4 is 5.91 Å². The molecule has 2 saturated carbocycles. The Morgan fingerprint density at radius 1 is 1.10 bits per heavy atom. The molecule has 0 atom stereocenters. The maximum absolute atomic E-state index is 13.2. The number of hydrogen-bond donors (Lipinski definition) is 1. The number of carbonyl (C=O) groups excluding carboxylic acids is 1. The summed E-state index contributed by atoms with van der Waals surface area (Å²) >= 11 is 0. The number of halogens is 3. The quantitative estimate of drug-likeness (QED) is 0.656. The fourth-order valence-corrected chi connectivity index (χ4v) is 4.27. The molecule has 3 nitrogen and oxygen atoms in total. The monoisotopic (exact) mass is 404 g/mol. The second-order valence-corrected chi connectivity index (χ2v) is 8.47. The molecule has 1 amide bonds. The smallest absolute Gasteiger partial charge is 0.349 e. The Hall–Kier alpha value is -2.24. The van der Waals surface area contributed by atoms with Gasteiger partial charge in [-0.25, -0.2) is 0 Å². The number of benzene rings is 1. The van der Waals surface area contributed by atoms with Crippen LogP contribution in [0.1, 0.15) is 66.6 Å². The Morgan fingerprint density at radius 2 is 1.83 bits per heavy atom. The molecule has 2 aliphatic carbocycles. The predicted octanol–water partition coefficient (Wildman–Crippen LogP) is 5.95. The van der Waals surface area contributed by atoms with E-state index in [-0.39, 0.29) is 11.9 Å². The summed E-state index contributed by atoms with van der Waals surface area (Å²) in [6.45, 7) is 2.64. The van der Waals surface area contributed by atoms with Gasteiger partial charge in [0, 0.05) is 24.0 Å². The summed E-state index contributed by atoms with van der Waals surface area (Å²) in [7, 11) is 0. The van der Waals surface area contributed by atoms with Crippen molar-refractivity contribution in [3.63, 3.8) is 0 Å². The fraction of sp³-hybridized carbons (Fsp3) is 0.522. The Kier molecular flexibility index (Phi) is 5.45. The lowest BCUT2D eigenvalue weighted by atomic mass is 9.95. The van der Waals surface area contributed by atoms with E-state index in [4.69, 9.17) is 0 Å². The molecule has 0 unspecified atom stereocenters. The minimum Gasteiger partial charge on any atom is -0.349 e. The highest BCUT2D eigenvalue weighted by atomic mass is 19.4. The molecule has 1 N–H and O–H groups in total. The van der Waals surface area contributed by atoms with E-state index in [1.165, 1.54) is 18.6 Å². The molecular weight excluding hydrogens is 377 g/mol. The minimum absolute atomic E-state index is 0.114. The van der Waals surface area contributed by atoms with Crippen LogP contribution in [0.3, 0.4) is 0 Å². The van der Waals surface area contributed by atoms with Crippen molar-refractivity contribution in [2.45, 2.75) is 70.6 Å². The van der Waals surface area contributed by atoms with E-state index in [0.29, 0.717) is 22.7 Å². The zero-order chi connectivity index (χ0) is 20.6. The lowest BCUT2D eigenvalue weighted by molar-refractivity contribution is -0.137. The van der Waals surface area contributed by atoms with E-state index >= 15 is 0 Å². The zero-order valence-corrected chi connectivity index (χ0v) is 16.7. The van der Waals surface area contributed by atoms with Crippen LogP contribution < -0.4 is 5.32 Å². The van der Waals surface area contributed by atoms with Crippen molar-refractivity contribution in [1.82, 2.24) is 9.88 Å². The van der Waals surface area contributed by atoms with Crippen molar-refractivity contribution in [3.05, 3.63) is 47.2 Å². The molecular formula is C23H27F3N2O.